The van der Waals surface area contributed by atoms with Crippen LogP contribution in [0.1, 0.15) is 23.0 Å². The molecule has 0 saturated heterocycles. The summed E-state index contributed by atoms with van der Waals surface area (Å²) in [6, 6.07) is 6.02. The van der Waals surface area contributed by atoms with Crippen LogP contribution in [0.3, 0.4) is 0 Å². The molecular formula is C14H17N3O5S. The van der Waals surface area contributed by atoms with E-state index in [4.69, 9.17) is 9.15 Å². The molecule has 2 heterocycles. The van der Waals surface area contributed by atoms with Crippen LogP contribution >= 0.6 is 0 Å². The molecule has 0 unspecified atom stereocenters. The number of sulfonamides is 1. The quantitative estimate of drug-likeness (QED) is 0.776. The highest BCUT2D eigenvalue weighted by molar-refractivity contribution is 7.89. The van der Waals surface area contributed by atoms with Crippen molar-refractivity contribution in [1.29, 1.82) is 0 Å². The zero-order valence-electron chi connectivity index (χ0n) is 12.7. The summed E-state index contributed by atoms with van der Waals surface area (Å²) in [5.74, 6) is -0.192. The Balaban J connectivity index is 2.06. The third kappa shape index (κ3) is 4.08. The molecule has 2 rings (SSSR count). The predicted molar refractivity (Wildman–Crippen MR) is 81.5 cm³/mol. The molecule has 2 N–H and O–H groups in total. The zero-order valence-corrected chi connectivity index (χ0v) is 13.5. The Labute approximate surface area is 133 Å². The summed E-state index contributed by atoms with van der Waals surface area (Å²) in [6.45, 7) is 2.47. The van der Waals surface area contributed by atoms with Crippen LogP contribution in [0.4, 0.5) is 0 Å². The van der Waals surface area contributed by atoms with Gasteiger partial charge in [0.25, 0.3) is 15.9 Å². The fraction of sp³-hybridized carbons (Fsp3) is 0.286. The number of rotatable bonds is 7. The first kappa shape index (κ1) is 17.0. The highest BCUT2D eigenvalue weighted by Crippen LogP contribution is 2.16. The molecule has 1 amide bonds. The lowest BCUT2D eigenvalue weighted by Gasteiger charge is -2.09. The molecule has 8 nitrogen and oxygen atoms in total. The van der Waals surface area contributed by atoms with Gasteiger partial charge in [0.05, 0.1) is 6.61 Å². The standard InChI is InChI=1S/C14H17N3O5S/c1-3-21-14-10(5-4-8-16-14)9-17-13(18)11-6-7-12(22-11)23(19,20)15-2/h4-8,15H,3,9H2,1-2H3,(H,17,18). The fourth-order valence-corrected chi connectivity index (χ4v) is 2.42. The summed E-state index contributed by atoms with van der Waals surface area (Å²) in [5, 5.41) is 2.31. The molecule has 9 heteroatoms. The van der Waals surface area contributed by atoms with Crippen molar-refractivity contribution in [2.75, 3.05) is 13.7 Å². The van der Waals surface area contributed by atoms with Crippen molar-refractivity contribution >= 4 is 15.9 Å². The average molecular weight is 339 g/mol. The highest BCUT2D eigenvalue weighted by atomic mass is 32.2. The Bertz CT molecular complexity index is 785. The third-order valence-corrected chi connectivity index (χ3v) is 4.20. The normalized spacial score (nSPS) is 11.2. The lowest BCUT2D eigenvalue weighted by molar-refractivity contribution is 0.0917. The number of aromatic nitrogens is 1. The van der Waals surface area contributed by atoms with Gasteiger partial charge in [-0.25, -0.2) is 18.1 Å². The third-order valence-electron chi connectivity index (χ3n) is 2.91. The molecule has 124 valence electrons. The average Bonchev–Trinajstić information content (AvgIpc) is 3.05. The van der Waals surface area contributed by atoms with Gasteiger partial charge in [0.15, 0.2) is 5.76 Å². The second-order valence-electron chi connectivity index (χ2n) is 4.41. The first-order chi connectivity index (χ1) is 11.0. The Morgan fingerprint density at radius 2 is 2.13 bits per heavy atom. The van der Waals surface area contributed by atoms with Gasteiger partial charge >= 0.3 is 0 Å². The van der Waals surface area contributed by atoms with E-state index in [2.05, 4.69) is 15.0 Å². The number of amides is 1. The monoisotopic (exact) mass is 339 g/mol. The van der Waals surface area contributed by atoms with E-state index < -0.39 is 15.9 Å². The van der Waals surface area contributed by atoms with Crippen molar-refractivity contribution in [1.82, 2.24) is 15.0 Å². The van der Waals surface area contributed by atoms with Crippen LogP contribution in [0.2, 0.25) is 0 Å². The largest absolute Gasteiger partial charge is 0.478 e. The SMILES string of the molecule is CCOc1ncccc1CNC(=O)c1ccc(S(=O)(=O)NC)o1. The Morgan fingerprint density at radius 3 is 2.83 bits per heavy atom. The number of furan rings is 1. The van der Waals surface area contributed by atoms with Crippen LogP contribution in [0.15, 0.2) is 40.0 Å². The summed E-state index contributed by atoms with van der Waals surface area (Å²) in [5.41, 5.74) is 0.706. The van der Waals surface area contributed by atoms with E-state index in [0.717, 1.165) is 0 Å². The molecule has 0 aromatic carbocycles. The minimum absolute atomic E-state index is 0.0966. The maximum absolute atomic E-state index is 12.0. The molecule has 0 aliphatic rings. The molecule has 0 radical (unpaired) electrons. The summed E-state index contributed by atoms with van der Waals surface area (Å²) < 4.78 is 35.7. The summed E-state index contributed by atoms with van der Waals surface area (Å²) in [7, 11) is -2.46. The van der Waals surface area contributed by atoms with Crippen LogP contribution in [-0.4, -0.2) is 33.0 Å². The smallest absolute Gasteiger partial charge is 0.287 e. The van der Waals surface area contributed by atoms with Crippen LogP contribution in [0.5, 0.6) is 5.88 Å². The second kappa shape index (κ2) is 7.25. The lowest BCUT2D eigenvalue weighted by Crippen LogP contribution is -2.23. The van der Waals surface area contributed by atoms with Crippen molar-refractivity contribution in [3.05, 3.63) is 41.8 Å². The first-order valence-electron chi connectivity index (χ1n) is 6.86. The summed E-state index contributed by atoms with van der Waals surface area (Å²) in [6.07, 6.45) is 1.59. The van der Waals surface area contributed by atoms with Gasteiger partial charge in [0.2, 0.25) is 11.0 Å². The van der Waals surface area contributed by atoms with E-state index in [0.29, 0.717) is 18.1 Å². The molecule has 0 saturated carbocycles. The number of ether oxygens (including phenoxy) is 1. The molecule has 0 aliphatic heterocycles. The molecule has 0 atom stereocenters. The van der Waals surface area contributed by atoms with Crippen LogP contribution in [-0.2, 0) is 16.6 Å². The number of hydrogen-bond acceptors (Lipinski definition) is 6. The number of nitrogens with zero attached hydrogens (tertiary/aromatic N) is 1. The fourth-order valence-electron chi connectivity index (χ4n) is 1.78. The lowest BCUT2D eigenvalue weighted by atomic mass is 10.2. The van der Waals surface area contributed by atoms with Gasteiger partial charge in [-0.1, -0.05) is 6.07 Å². The van der Waals surface area contributed by atoms with Gasteiger partial charge in [-0.2, -0.15) is 0 Å². The molecule has 23 heavy (non-hydrogen) atoms. The Kier molecular flexibility index (Phi) is 5.35. The van der Waals surface area contributed by atoms with E-state index in [9.17, 15) is 13.2 Å². The van der Waals surface area contributed by atoms with Crippen LogP contribution in [0.25, 0.3) is 0 Å². The van der Waals surface area contributed by atoms with Crippen LogP contribution in [0, 0.1) is 0 Å². The first-order valence-corrected chi connectivity index (χ1v) is 8.34. The molecule has 0 bridgehead atoms. The molecule has 0 fully saturated rings. The van der Waals surface area contributed by atoms with Crippen LogP contribution < -0.4 is 14.8 Å². The zero-order chi connectivity index (χ0) is 16.9. The van der Waals surface area contributed by atoms with E-state index in [-0.39, 0.29) is 17.4 Å². The minimum atomic E-state index is -3.72. The molecule has 0 aliphatic carbocycles. The van der Waals surface area contributed by atoms with Gasteiger partial charge < -0.3 is 14.5 Å². The number of hydrogen-bond donors (Lipinski definition) is 2. The minimum Gasteiger partial charge on any atom is -0.478 e. The second-order valence-corrected chi connectivity index (χ2v) is 6.23. The predicted octanol–water partition coefficient (Wildman–Crippen LogP) is 0.911. The molecule has 0 spiro atoms. The van der Waals surface area contributed by atoms with Crippen molar-refractivity contribution < 1.29 is 22.4 Å². The topological polar surface area (TPSA) is 111 Å². The van der Waals surface area contributed by atoms with Gasteiger partial charge in [0.1, 0.15) is 0 Å². The van der Waals surface area contributed by atoms with Gasteiger partial charge in [0, 0.05) is 18.3 Å². The summed E-state index contributed by atoms with van der Waals surface area (Å²) in [4.78, 5) is 16.1. The van der Waals surface area contributed by atoms with E-state index in [1.807, 2.05) is 6.92 Å². The van der Waals surface area contributed by atoms with Gasteiger partial charge in [-0.15, -0.1) is 0 Å². The summed E-state index contributed by atoms with van der Waals surface area (Å²) >= 11 is 0. The van der Waals surface area contributed by atoms with Gasteiger partial charge in [-0.05, 0) is 32.2 Å². The van der Waals surface area contributed by atoms with Crippen molar-refractivity contribution in [2.24, 2.45) is 0 Å². The highest BCUT2D eigenvalue weighted by Gasteiger charge is 2.19. The van der Waals surface area contributed by atoms with Crippen molar-refractivity contribution in [3.63, 3.8) is 0 Å². The Hall–Kier alpha value is -2.39. The molecule has 2 aromatic heterocycles. The number of pyridine rings is 1. The van der Waals surface area contributed by atoms with E-state index in [1.54, 1.807) is 18.3 Å². The number of nitrogens with one attached hydrogen (secondary N) is 2. The van der Waals surface area contributed by atoms with Crippen molar-refractivity contribution in [2.45, 2.75) is 18.6 Å². The number of carbonyl (C=O) groups excluding carboxylic acids is 1. The Morgan fingerprint density at radius 1 is 1.35 bits per heavy atom. The maximum atomic E-state index is 12.0. The number of carbonyl (C=O) groups is 1. The molecule has 2 aromatic rings. The van der Waals surface area contributed by atoms with Crippen molar-refractivity contribution in [3.8, 4) is 5.88 Å². The van der Waals surface area contributed by atoms with E-state index in [1.165, 1.54) is 19.2 Å². The maximum Gasteiger partial charge on any atom is 0.287 e. The van der Waals surface area contributed by atoms with Gasteiger partial charge in [-0.3, -0.25) is 4.79 Å². The van der Waals surface area contributed by atoms with E-state index >= 15 is 0 Å². The molecular weight excluding hydrogens is 322 g/mol.